The van der Waals surface area contributed by atoms with Crippen LogP contribution in [0, 0.1) is 0 Å². The van der Waals surface area contributed by atoms with Crippen LogP contribution >= 0.6 is 0 Å². The van der Waals surface area contributed by atoms with Crippen LogP contribution in [-0.4, -0.2) is 65.8 Å². The molecule has 0 spiro atoms. The lowest BCUT2D eigenvalue weighted by atomic mass is 10.2. The monoisotopic (exact) mass is 462 g/mol. The number of carbonyl (C=O) groups is 1. The normalized spacial score (nSPS) is 18.5. The molecular formula is C21H22N2O6S2. The quantitative estimate of drug-likeness (QED) is 0.621. The number of carbonyl (C=O) groups excluding carboxylic acids is 1. The van der Waals surface area contributed by atoms with E-state index in [1.54, 1.807) is 35.2 Å². The number of hydrogen-bond donors (Lipinski definition) is 0. The van der Waals surface area contributed by atoms with Crippen molar-refractivity contribution >= 4 is 31.9 Å². The molecule has 2 heterocycles. The van der Waals surface area contributed by atoms with Gasteiger partial charge in [0.1, 0.15) is 4.91 Å². The van der Waals surface area contributed by atoms with Crippen LogP contribution in [0.15, 0.2) is 63.2 Å². The summed E-state index contributed by atoms with van der Waals surface area (Å²) in [4.78, 5) is 16.7. The van der Waals surface area contributed by atoms with Crippen molar-refractivity contribution in [3.05, 3.63) is 64.6 Å². The predicted octanol–water partition coefficient (Wildman–Crippen LogP) is 1.49. The summed E-state index contributed by atoms with van der Waals surface area (Å²) in [6.45, 7) is 2.60. The van der Waals surface area contributed by atoms with Gasteiger partial charge in [-0.1, -0.05) is 30.3 Å². The molecule has 4 rings (SSSR count). The smallest absolute Gasteiger partial charge is 0.296 e. The first-order valence-electron chi connectivity index (χ1n) is 9.69. The van der Waals surface area contributed by atoms with E-state index in [9.17, 15) is 21.6 Å². The third kappa shape index (κ3) is 4.16. The molecule has 31 heavy (non-hydrogen) atoms. The van der Waals surface area contributed by atoms with Crippen LogP contribution in [0.5, 0.6) is 0 Å². The molecule has 0 saturated carbocycles. The Hall–Kier alpha value is -2.53. The predicted molar refractivity (Wildman–Crippen MR) is 114 cm³/mol. The summed E-state index contributed by atoms with van der Waals surface area (Å²) in [5, 5.41) is 0. The average Bonchev–Trinajstić information content (AvgIpc) is 3.05. The number of rotatable bonds is 5. The Morgan fingerprint density at radius 3 is 2.26 bits per heavy atom. The second kappa shape index (κ2) is 8.19. The second-order valence-electron chi connectivity index (χ2n) is 7.38. The second-order valence-corrected chi connectivity index (χ2v) is 11.0. The summed E-state index contributed by atoms with van der Waals surface area (Å²) in [5.74, 6) is -0.468. The molecule has 2 aliphatic heterocycles. The molecule has 2 aliphatic rings. The largest absolute Gasteiger partial charge is 0.335 e. The van der Waals surface area contributed by atoms with Crippen LogP contribution in [0.3, 0.4) is 0 Å². The maximum Gasteiger partial charge on any atom is 0.296 e. The van der Waals surface area contributed by atoms with E-state index >= 15 is 0 Å². The van der Waals surface area contributed by atoms with Gasteiger partial charge in [0, 0.05) is 32.7 Å². The Morgan fingerprint density at radius 1 is 1.00 bits per heavy atom. The van der Waals surface area contributed by atoms with Crippen molar-refractivity contribution in [1.29, 1.82) is 0 Å². The molecule has 0 atom stereocenters. The fourth-order valence-corrected chi connectivity index (χ4v) is 5.97. The minimum Gasteiger partial charge on any atom is -0.335 e. The average molecular weight is 463 g/mol. The van der Waals surface area contributed by atoms with Crippen molar-refractivity contribution < 1.29 is 25.8 Å². The van der Waals surface area contributed by atoms with Crippen molar-refractivity contribution in [2.45, 2.75) is 16.3 Å². The standard InChI is InChI=1S/C21H22N2O6S2/c1-29-31(27,28)18-8-6-16(7-9-18)15-22-10-12-23(13-11-22)21(24)20-14-17-4-2-3-5-19(17)30(20,25)26/h2-9,14H,10-13,15H2,1H3. The van der Waals surface area contributed by atoms with E-state index in [2.05, 4.69) is 9.08 Å². The van der Waals surface area contributed by atoms with Crippen LogP contribution in [0.4, 0.5) is 0 Å². The zero-order valence-corrected chi connectivity index (χ0v) is 18.5. The van der Waals surface area contributed by atoms with Gasteiger partial charge in [0.2, 0.25) is 9.84 Å². The highest BCUT2D eigenvalue weighted by Gasteiger charge is 2.37. The SMILES string of the molecule is COS(=O)(=O)c1ccc(CN2CCN(C(=O)C3=Cc4ccccc4S3(=O)=O)CC2)cc1. The van der Waals surface area contributed by atoms with Gasteiger partial charge in [-0.15, -0.1) is 0 Å². The van der Waals surface area contributed by atoms with E-state index in [-0.39, 0.29) is 14.7 Å². The maximum atomic E-state index is 12.9. The van der Waals surface area contributed by atoms with E-state index in [1.165, 1.54) is 24.3 Å². The fraction of sp³-hybridized carbons (Fsp3) is 0.286. The van der Waals surface area contributed by atoms with Gasteiger partial charge < -0.3 is 4.90 Å². The molecular weight excluding hydrogens is 440 g/mol. The van der Waals surface area contributed by atoms with Crippen molar-refractivity contribution in [2.24, 2.45) is 0 Å². The topological polar surface area (TPSA) is 101 Å². The summed E-state index contributed by atoms with van der Waals surface area (Å²) in [5.41, 5.74) is 1.48. The number of fused-ring (bicyclic) bond motifs is 1. The van der Waals surface area contributed by atoms with Crippen LogP contribution in [0.1, 0.15) is 11.1 Å². The maximum absolute atomic E-state index is 12.9. The molecule has 1 amide bonds. The highest BCUT2D eigenvalue weighted by Crippen LogP contribution is 2.33. The number of benzene rings is 2. The lowest BCUT2D eigenvalue weighted by molar-refractivity contribution is -0.128. The molecule has 0 N–H and O–H groups in total. The number of hydrogen-bond acceptors (Lipinski definition) is 7. The molecule has 2 aromatic rings. The molecule has 8 nitrogen and oxygen atoms in total. The lowest BCUT2D eigenvalue weighted by Crippen LogP contribution is -2.49. The van der Waals surface area contributed by atoms with Crippen molar-refractivity contribution in [3.63, 3.8) is 0 Å². The Morgan fingerprint density at radius 2 is 1.65 bits per heavy atom. The summed E-state index contributed by atoms with van der Waals surface area (Å²) in [7, 11) is -6.37. The molecule has 2 aromatic carbocycles. The van der Waals surface area contributed by atoms with E-state index < -0.39 is 25.9 Å². The van der Waals surface area contributed by atoms with E-state index in [0.717, 1.165) is 12.7 Å². The van der Waals surface area contributed by atoms with Gasteiger partial charge >= 0.3 is 0 Å². The molecule has 0 aromatic heterocycles. The molecule has 1 saturated heterocycles. The number of amides is 1. The minimum absolute atomic E-state index is 0.0983. The van der Waals surface area contributed by atoms with Crippen LogP contribution in [0.2, 0.25) is 0 Å². The third-order valence-electron chi connectivity index (χ3n) is 5.49. The van der Waals surface area contributed by atoms with Crippen molar-refractivity contribution in [2.75, 3.05) is 33.3 Å². The van der Waals surface area contributed by atoms with E-state index in [0.29, 0.717) is 38.3 Å². The van der Waals surface area contributed by atoms with E-state index in [4.69, 9.17) is 0 Å². The highest BCUT2D eigenvalue weighted by atomic mass is 32.2. The minimum atomic E-state index is -3.78. The molecule has 0 unspecified atom stereocenters. The third-order valence-corrected chi connectivity index (χ3v) is 8.60. The summed E-state index contributed by atoms with van der Waals surface area (Å²) < 4.78 is 53.4. The molecule has 0 radical (unpaired) electrons. The van der Waals surface area contributed by atoms with E-state index in [1.807, 2.05) is 0 Å². The van der Waals surface area contributed by atoms with Crippen molar-refractivity contribution in [1.82, 2.24) is 9.80 Å². The van der Waals surface area contributed by atoms with Crippen LogP contribution < -0.4 is 0 Å². The molecule has 10 heteroatoms. The Bertz CT molecular complexity index is 1240. The first kappa shape index (κ1) is 21.7. The Balaban J connectivity index is 1.38. The Kier molecular flexibility index (Phi) is 5.73. The van der Waals surface area contributed by atoms with Gasteiger partial charge in [0.15, 0.2) is 0 Å². The van der Waals surface area contributed by atoms with Gasteiger partial charge in [-0.25, -0.2) is 8.42 Å². The van der Waals surface area contributed by atoms with Gasteiger partial charge in [0.25, 0.3) is 16.0 Å². The highest BCUT2D eigenvalue weighted by molar-refractivity contribution is 7.96. The number of nitrogens with zero attached hydrogens (tertiary/aromatic N) is 2. The summed E-state index contributed by atoms with van der Waals surface area (Å²) >= 11 is 0. The zero-order valence-electron chi connectivity index (χ0n) is 16.9. The summed E-state index contributed by atoms with van der Waals surface area (Å²) in [6.07, 6.45) is 1.45. The molecule has 0 aliphatic carbocycles. The van der Waals surface area contributed by atoms with Crippen molar-refractivity contribution in [3.8, 4) is 0 Å². The molecule has 1 fully saturated rings. The van der Waals surface area contributed by atoms with Gasteiger partial charge in [-0.3, -0.25) is 13.9 Å². The van der Waals surface area contributed by atoms with Gasteiger partial charge in [-0.2, -0.15) is 8.42 Å². The van der Waals surface area contributed by atoms with Crippen LogP contribution in [0.25, 0.3) is 6.08 Å². The number of piperazine rings is 1. The first-order valence-corrected chi connectivity index (χ1v) is 12.6. The van der Waals surface area contributed by atoms with Crippen LogP contribution in [-0.2, 0) is 35.5 Å². The number of sulfone groups is 1. The lowest BCUT2D eigenvalue weighted by Gasteiger charge is -2.34. The van der Waals surface area contributed by atoms with Gasteiger partial charge in [-0.05, 0) is 35.4 Å². The fourth-order valence-electron chi connectivity index (χ4n) is 3.74. The first-order chi connectivity index (χ1) is 14.7. The Labute approximate surface area is 181 Å². The summed E-state index contributed by atoms with van der Waals surface area (Å²) in [6, 6.07) is 13.1. The molecule has 164 valence electrons. The molecule has 0 bridgehead atoms. The zero-order chi connectivity index (χ0) is 22.2. The van der Waals surface area contributed by atoms with Gasteiger partial charge in [0.05, 0.1) is 16.9 Å².